The van der Waals surface area contributed by atoms with E-state index in [4.69, 9.17) is 5.73 Å². The van der Waals surface area contributed by atoms with Gasteiger partial charge in [-0.1, -0.05) is 25.3 Å². The molecule has 0 spiro atoms. The molecule has 1 heterocycles. The fourth-order valence-corrected chi connectivity index (χ4v) is 1.14. The molecule has 0 amide bonds. The van der Waals surface area contributed by atoms with Crippen LogP contribution in [0.15, 0.2) is 19.4 Å². The van der Waals surface area contributed by atoms with E-state index in [9.17, 15) is 0 Å². The normalized spacial score (nSPS) is 9.42. The van der Waals surface area contributed by atoms with Gasteiger partial charge in [-0.2, -0.15) is 0 Å². The predicted molar refractivity (Wildman–Crippen MR) is 53.6 cm³/mol. The SMILES string of the molecule is C=Cc1c(C)cnc(N)c1C=C. The number of anilines is 1. The average Bonchev–Trinajstić information content (AvgIpc) is 2.08. The molecule has 62 valence electrons. The van der Waals surface area contributed by atoms with Gasteiger partial charge in [0.05, 0.1) is 0 Å². The quantitative estimate of drug-likeness (QED) is 0.720. The third-order valence-electron chi connectivity index (χ3n) is 1.80. The molecule has 1 rings (SSSR count). The molecule has 0 aliphatic rings. The lowest BCUT2D eigenvalue weighted by Crippen LogP contribution is -1.97. The van der Waals surface area contributed by atoms with Crippen LogP contribution < -0.4 is 5.73 Å². The van der Waals surface area contributed by atoms with Crippen LogP contribution >= 0.6 is 0 Å². The van der Waals surface area contributed by atoms with Crippen molar-refractivity contribution in [1.29, 1.82) is 0 Å². The molecule has 1 aromatic rings. The minimum Gasteiger partial charge on any atom is -0.383 e. The van der Waals surface area contributed by atoms with Crippen LogP contribution in [0.5, 0.6) is 0 Å². The number of nitrogens with zero attached hydrogens (tertiary/aromatic N) is 1. The zero-order valence-corrected chi connectivity index (χ0v) is 7.17. The summed E-state index contributed by atoms with van der Waals surface area (Å²) < 4.78 is 0. The maximum absolute atomic E-state index is 5.65. The molecule has 0 bridgehead atoms. The Labute approximate surface area is 72.4 Å². The summed E-state index contributed by atoms with van der Waals surface area (Å²) in [6.07, 6.45) is 5.20. The Morgan fingerprint density at radius 2 is 1.92 bits per heavy atom. The van der Waals surface area contributed by atoms with E-state index >= 15 is 0 Å². The number of nitrogens with two attached hydrogens (primary N) is 1. The van der Waals surface area contributed by atoms with E-state index in [-0.39, 0.29) is 0 Å². The van der Waals surface area contributed by atoms with Crippen molar-refractivity contribution in [1.82, 2.24) is 4.98 Å². The van der Waals surface area contributed by atoms with Crippen LogP contribution in [0.3, 0.4) is 0 Å². The van der Waals surface area contributed by atoms with E-state index in [1.54, 1.807) is 18.3 Å². The smallest absolute Gasteiger partial charge is 0.131 e. The molecule has 0 saturated carbocycles. The predicted octanol–water partition coefficient (Wildman–Crippen LogP) is 2.26. The molecule has 12 heavy (non-hydrogen) atoms. The van der Waals surface area contributed by atoms with Crippen LogP contribution in [0.1, 0.15) is 16.7 Å². The monoisotopic (exact) mass is 160 g/mol. The van der Waals surface area contributed by atoms with E-state index in [1.165, 1.54) is 0 Å². The van der Waals surface area contributed by atoms with Crippen molar-refractivity contribution in [3.8, 4) is 0 Å². The van der Waals surface area contributed by atoms with Gasteiger partial charge in [0.15, 0.2) is 0 Å². The molecule has 0 radical (unpaired) electrons. The molecule has 0 aliphatic heterocycles. The number of aryl methyl sites for hydroxylation is 1. The fraction of sp³-hybridized carbons (Fsp3) is 0.100. The van der Waals surface area contributed by atoms with Crippen LogP contribution in [0.25, 0.3) is 12.2 Å². The van der Waals surface area contributed by atoms with E-state index < -0.39 is 0 Å². The van der Waals surface area contributed by atoms with Gasteiger partial charge >= 0.3 is 0 Å². The van der Waals surface area contributed by atoms with Crippen molar-refractivity contribution in [3.63, 3.8) is 0 Å². The molecule has 2 heteroatoms. The van der Waals surface area contributed by atoms with Crippen LogP contribution in [0, 0.1) is 6.92 Å². The first-order valence-electron chi connectivity index (χ1n) is 3.70. The van der Waals surface area contributed by atoms with Crippen molar-refractivity contribution < 1.29 is 0 Å². The van der Waals surface area contributed by atoms with Gasteiger partial charge in [-0.25, -0.2) is 4.98 Å². The maximum atomic E-state index is 5.65. The summed E-state index contributed by atoms with van der Waals surface area (Å²) in [6, 6.07) is 0. The largest absolute Gasteiger partial charge is 0.383 e. The van der Waals surface area contributed by atoms with Gasteiger partial charge in [-0.3, -0.25) is 0 Å². The maximum Gasteiger partial charge on any atom is 0.131 e. The number of rotatable bonds is 2. The van der Waals surface area contributed by atoms with Gasteiger partial charge in [0.25, 0.3) is 0 Å². The molecule has 0 aliphatic carbocycles. The summed E-state index contributed by atoms with van der Waals surface area (Å²) in [4.78, 5) is 4.02. The highest BCUT2D eigenvalue weighted by Crippen LogP contribution is 2.20. The van der Waals surface area contributed by atoms with Gasteiger partial charge in [-0.05, 0) is 18.1 Å². The lowest BCUT2D eigenvalue weighted by atomic mass is 10.0. The lowest BCUT2D eigenvalue weighted by molar-refractivity contribution is 1.26. The Morgan fingerprint density at radius 1 is 1.33 bits per heavy atom. The highest BCUT2D eigenvalue weighted by molar-refractivity contribution is 5.72. The summed E-state index contributed by atoms with van der Waals surface area (Å²) in [5.41, 5.74) is 8.59. The number of hydrogen-bond donors (Lipinski definition) is 1. The molecule has 0 unspecified atom stereocenters. The average molecular weight is 160 g/mol. The molecule has 0 saturated heterocycles. The number of nitrogen functional groups attached to an aromatic ring is 1. The second-order valence-corrected chi connectivity index (χ2v) is 2.56. The van der Waals surface area contributed by atoms with Crippen LogP contribution in [-0.4, -0.2) is 4.98 Å². The Balaban J connectivity index is 3.48. The molecule has 1 aromatic heterocycles. The van der Waals surface area contributed by atoms with Crippen molar-refractivity contribution in [3.05, 3.63) is 36.0 Å². The summed E-state index contributed by atoms with van der Waals surface area (Å²) in [5, 5.41) is 0. The molecule has 2 nitrogen and oxygen atoms in total. The van der Waals surface area contributed by atoms with Gasteiger partial charge in [0.2, 0.25) is 0 Å². The first-order chi connectivity index (χ1) is 5.70. The molecule has 0 atom stereocenters. The van der Waals surface area contributed by atoms with Gasteiger partial charge in [0.1, 0.15) is 5.82 Å². The minimum atomic E-state index is 0.505. The first kappa shape index (κ1) is 8.53. The second kappa shape index (κ2) is 3.22. The molecule has 0 aromatic carbocycles. The van der Waals surface area contributed by atoms with E-state index in [1.807, 2.05) is 6.92 Å². The summed E-state index contributed by atoms with van der Waals surface area (Å²) in [5.74, 6) is 0.505. The highest BCUT2D eigenvalue weighted by atomic mass is 14.8. The van der Waals surface area contributed by atoms with Crippen molar-refractivity contribution in [2.24, 2.45) is 0 Å². The van der Waals surface area contributed by atoms with Crippen LogP contribution in [0.2, 0.25) is 0 Å². The molecule has 0 fully saturated rings. The Hall–Kier alpha value is -1.57. The Morgan fingerprint density at radius 3 is 2.33 bits per heavy atom. The van der Waals surface area contributed by atoms with Crippen molar-refractivity contribution in [2.45, 2.75) is 6.92 Å². The summed E-state index contributed by atoms with van der Waals surface area (Å²) in [7, 11) is 0. The zero-order chi connectivity index (χ0) is 9.14. The minimum absolute atomic E-state index is 0.505. The van der Waals surface area contributed by atoms with Crippen LogP contribution in [0.4, 0.5) is 5.82 Å². The number of pyridine rings is 1. The van der Waals surface area contributed by atoms with Gasteiger partial charge in [-0.15, -0.1) is 0 Å². The molecule has 2 N–H and O–H groups in total. The topological polar surface area (TPSA) is 38.9 Å². The van der Waals surface area contributed by atoms with Gasteiger partial charge < -0.3 is 5.73 Å². The third-order valence-corrected chi connectivity index (χ3v) is 1.80. The summed E-state index contributed by atoms with van der Waals surface area (Å²) >= 11 is 0. The van der Waals surface area contributed by atoms with E-state index in [0.717, 1.165) is 16.7 Å². The van der Waals surface area contributed by atoms with E-state index in [0.29, 0.717) is 5.82 Å². The molecular formula is C10H12N2. The third kappa shape index (κ3) is 1.23. The summed E-state index contributed by atoms with van der Waals surface area (Å²) in [6.45, 7) is 9.35. The highest BCUT2D eigenvalue weighted by Gasteiger charge is 2.03. The standard InChI is InChI=1S/C10H12N2/c1-4-8-7(3)6-12-10(11)9(8)5-2/h4-6H,1-2H2,3H3,(H2,11,12). The Bertz CT molecular complexity index is 294. The van der Waals surface area contributed by atoms with Crippen molar-refractivity contribution in [2.75, 3.05) is 5.73 Å². The lowest BCUT2D eigenvalue weighted by Gasteiger charge is -2.06. The van der Waals surface area contributed by atoms with Gasteiger partial charge in [0, 0.05) is 11.8 Å². The van der Waals surface area contributed by atoms with E-state index in [2.05, 4.69) is 18.1 Å². The van der Waals surface area contributed by atoms with Crippen LogP contribution in [-0.2, 0) is 0 Å². The first-order valence-corrected chi connectivity index (χ1v) is 3.70. The fourth-order valence-electron chi connectivity index (χ4n) is 1.14. The molecular weight excluding hydrogens is 148 g/mol. The Kier molecular flexibility index (Phi) is 2.29. The zero-order valence-electron chi connectivity index (χ0n) is 7.17. The second-order valence-electron chi connectivity index (χ2n) is 2.56. The number of hydrogen-bond acceptors (Lipinski definition) is 2. The number of aromatic nitrogens is 1. The van der Waals surface area contributed by atoms with Crippen molar-refractivity contribution >= 4 is 18.0 Å².